The number of rotatable bonds is 4. The molecule has 0 amide bonds. The number of hydrogen-bond donors (Lipinski definition) is 0. The number of non-ortho nitro benzene ring substituents is 1. The first-order valence-corrected chi connectivity index (χ1v) is 9.46. The van der Waals surface area contributed by atoms with Crippen LogP contribution >= 0.6 is 0 Å². The van der Waals surface area contributed by atoms with Gasteiger partial charge in [0.25, 0.3) is 5.69 Å². The van der Waals surface area contributed by atoms with Gasteiger partial charge in [0.05, 0.1) is 17.7 Å². The molecule has 2 aromatic carbocycles. The molecule has 0 saturated carbocycles. The van der Waals surface area contributed by atoms with Gasteiger partial charge in [-0.15, -0.1) is 0 Å². The second-order valence-electron chi connectivity index (χ2n) is 8.17. The number of hydrogen-bond acceptors (Lipinski definition) is 4. The summed E-state index contributed by atoms with van der Waals surface area (Å²) in [7, 11) is 1.62. The van der Waals surface area contributed by atoms with Gasteiger partial charge < -0.3 is 9.30 Å². The van der Waals surface area contributed by atoms with E-state index in [1.807, 2.05) is 30.3 Å². The third-order valence-electron chi connectivity index (χ3n) is 5.39. The van der Waals surface area contributed by atoms with Crippen molar-refractivity contribution in [3.05, 3.63) is 76.0 Å². The standard InChI is InChI=1S/C23H22N2O4/c1-23(2)13-21-19(22(26)14-23)12-20(15-4-6-17(7-5-15)25(27)28)24(21)16-8-10-18(29-3)11-9-16/h4-12H,13-14H2,1-3H3. The number of nitrogens with zero attached hydrogens (tertiary/aromatic N) is 2. The first kappa shape index (κ1) is 18.9. The van der Waals surface area contributed by atoms with Gasteiger partial charge in [-0.25, -0.2) is 0 Å². The van der Waals surface area contributed by atoms with Crippen LogP contribution in [0.25, 0.3) is 16.9 Å². The number of ketones is 1. The topological polar surface area (TPSA) is 74.4 Å². The summed E-state index contributed by atoms with van der Waals surface area (Å²) in [5, 5.41) is 11.0. The highest BCUT2D eigenvalue weighted by Crippen LogP contribution is 2.40. The molecule has 1 aromatic heterocycles. The van der Waals surface area contributed by atoms with Crippen LogP contribution in [0.4, 0.5) is 5.69 Å². The summed E-state index contributed by atoms with van der Waals surface area (Å²) >= 11 is 0. The summed E-state index contributed by atoms with van der Waals surface area (Å²) in [6.45, 7) is 4.20. The number of benzene rings is 2. The van der Waals surface area contributed by atoms with Gasteiger partial charge in [0.15, 0.2) is 5.78 Å². The smallest absolute Gasteiger partial charge is 0.269 e. The van der Waals surface area contributed by atoms with E-state index < -0.39 is 4.92 Å². The number of nitro groups is 1. The number of aromatic nitrogens is 1. The van der Waals surface area contributed by atoms with E-state index in [1.165, 1.54) is 12.1 Å². The largest absolute Gasteiger partial charge is 0.497 e. The number of ether oxygens (including phenoxy) is 1. The number of nitro benzene ring substituents is 1. The lowest BCUT2D eigenvalue weighted by molar-refractivity contribution is -0.384. The van der Waals surface area contributed by atoms with Gasteiger partial charge in [0, 0.05) is 35.5 Å². The maximum atomic E-state index is 12.9. The summed E-state index contributed by atoms with van der Waals surface area (Å²) < 4.78 is 7.36. The first-order chi connectivity index (χ1) is 13.8. The van der Waals surface area contributed by atoms with Gasteiger partial charge in [0.2, 0.25) is 0 Å². The molecular weight excluding hydrogens is 368 g/mol. The molecule has 0 spiro atoms. The fourth-order valence-electron chi connectivity index (χ4n) is 4.00. The molecule has 1 aliphatic carbocycles. The predicted molar refractivity (Wildman–Crippen MR) is 111 cm³/mol. The third-order valence-corrected chi connectivity index (χ3v) is 5.39. The van der Waals surface area contributed by atoms with Crippen LogP contribution in [-0.2, 0) is 6.42 Å². The summed E-state index contributed by atoms with van der Waals surface area (Å²) in [6.07, 6.45) is 1.28. The van der Waals surface area contributed by atoms with Crippen LogP contribution < -0.4 is 4.74 Å². The van der Waals surface area contributed by atoms with E-state index in [4.69, 9.17) is 4.74 Å². The van der Waals surface area contributed by atoms with Crippen LogP contribution in [0.5, 0.6) is 5.75 Å². The van der Waals surface area contributed by atoms with Crippen LogP contribution in [0, 0.1) is 15.5 Å². The molecule has 6 nitrogen and oxygen atoms in total. The fourth-order valence-corrected chi connectivity index (χ4v) is 4.00. The van der Waals surface area contributed by atoms with Crippen LogP contribution in [0.15, 0.2) is 54.6 Å². The van der Waals surface area contributed by atoms with E-state index in [-0.39, 0.29) is 16.9 Å². The van der Waals surface area contributed by atoms with Crippen molar-refractivity contribution in [1.29, 1.82) is 0 Å². The molecule has 0 N–H and O–H groups in total. The van der Waals surface area contributed by atoms with Crippen molar-refractivity contribution in [2.24, 2.45) is 5.41 Å². The van der Waals surface area contributed by atoms with Gasteiger partial charge in [0.1, 0.15) is 5.75 Å². The molecule has 0 saturated heterocycles. The van der Waals surface area contributed by atoms with Crippen molar-refractivity contribution >= 4 is 11.5 Å². The zero-order valence-electron chi connectivity index (χ0n) is 16.6. The minimum atomic E-state index is -0.413. The SMILES string of the molecule is COc1ccc(-n2c(-c3ccc([N+](=O)[O-])cc3)cc3c2CC(C)(C)CC3=O)cc1. The van der Waals surface area contributed by atoms with Crippen molar-refractivity contribution in [1.82, 2.24) is 4.57 Å². The molecule has 0 unspecified atom stereocenters. The summed E-state index contributed by atoms with van der Waals surface area (Å²) in [5.74, 6) is 0.884. The Balaban J connectivity index is 1.92. The highest BCUT2D eigenvalue weighted by Gasteiger charge is 2.35. The Bertz CT molecular complexity index is 1090. The van der Waals surface area contributed by atoms with Crippen molar-refractivity contribution in [3.63, 3.8) is 0 Å². The lowest BCUT2D eigenvalue weighted by Gasteiger charge is -2.30. The summed E-state index contributed by atoms with van der Waals surface area (Å²) in [6, 6.07) is 16.0. The van der Waals surface area contributed by atoms with Crippen molar-refractivity contribution in [2.45, 2.75) is 26.7 Å². The van der Waals surface area contributed by atoms with E-state index in [2.05, 4.69) is 18.4 Å². The van der Waals surface area contributed by atoms with Gasteiger partial charge in [-0.3, -0.25) is 14.9 Å². The fraction of sp³-hybridized carbons (Fsp3) is 0.261. The maximum Gasteiger partial charge on any atom is 0.269 e. The number of methoxy groups -OCH3 is 1. The average molecular weight is 390 g/mol. The molecule has 0 radical (unpaired) electrons. The predicted octanol–water partition coefficient (Wildman–Crippen LogP) is 5.22. The molecule has 0 atom stereocenters. The third kappa shape index (κ3) is 3.42. The molecule has 3 aromatic rings. The molecular formula is C23H22N2O4. The first-order valence-electron chi connectivity index (χ1n) is 9.46. The Morgan fingerprint density at radius 1 is 1.03 bits per heavy atom. The zero-order valence-corrected chi connectivity index (χ0v) is 16.6. The van der Waals surface area contributed by atoms with E-state index in [9.17, 15) is 14.9 Å². The van der Waals surface area contributed by atoms with Gasteiger partial charge in [-0.2, -0.15) is 0 Å². The molecule has 29 heavy (non-hydrogen) atoms. The van der Waals surface area contributed by atoms with Gasteiger partial charge in [-0.1, -0.05) is 13.8 Å². The Labute approximate surface area is 168 Å². The molecule has 148 valence electrons. The van der Waals surface area contributed by atoms with E-state index in [0.29, 0.717) is 6.42 Å². The van der Waals surface area contributed by atoms with Gasteiger partial charge >= 0.3 is 0 Å². The summed E-state index contributed by atoms with van der Waals surface area (Å²) in [4.78, 5) is 23.5. The van der Waals surface area contributed by atoms with Gasteiger partial charge in [-0.05, 0) is 59.9 Å². The molecule has 1 aliphatic rings. The molecule has 0 bridgehead atoms. The van der Waals surface area contributed by atoms with E-state index >= 15 is 0 Å². The number of carbonyl (C=O) groups excluding carboxylic acids is 1. The lowest BCUT2D eigenvalue weighted by atomic mass is 9.76. The highest BCUT2D eigenvalue weighted by molar-refractivity contribution is 6.00. The average Bonchev–Trinajstić information content (AvgIpc) is 3.06. The normalized spacial score (nSPS) is 15.1. The molecule has 0 fully saturated rings. The molecule has 0 aliphatic heterocycles. The van der Waals surface area contributed by atoms with E-state index in [1.54, 1.807) is 19.2 Å². The quantitative estimate of drug-likeness (QED) is 0.452. The number of Topliss-reactive ketones (excluding diaryl/α,β-unsaturated/α-hetero) is 1. The molecule has 6 heteroatoms. The highest BCUT2D eigenvalue weighted by atomic mass is 16.6. The minimum Gasteiger partial charge on any atom is -0.497 e. The molecule has 1 heterocycles. The van der Waals surface area contributed by atoms with Crippen molar-refractivity contribution < 1.29 is 14.5 Å². The summed E-state index contributed by atoms with van der Waals surface area (Å²) in [5.41, 5.74) is 4.22. The monoisotopic (exact) mass is 390 g/mol. The second kappa shape index (κ2) is 6.88. The number of carbonyl (C=O) groups is 1. The lowest BCUT2D eigenvalue weighted by Crippen LogP contribution is -2.27. The Hall–Kier alpha value is -3.41. The van der Waals surface area contributed by atoms with Crippen LogP contribution in [0.3, 0.4) is 0 Å². The van der Waals surface area contributed by atoms with Crippen LogP contribution in [0.2, 0.25) is 0 Å². The van der Waals surface area contributed by atoms with E-state index in [0.717, 1.165) is 40.4 Å². The van der Waals surface area contributed by atoms with Crippen LogP contribution in [0.1, 0.15) is 36.3 Å². The Morgan fingerprint density at radius 3 is 2.28 bits per heavy atom. The number of fused-ring (bicyclic) bond motifs is 1. The van der Waals surface area contributed by atoms with Crippen LogP contribution in [-0.4, -0.2) is 22.4 Å². The van der Waals surface area contributed by atoms with Crippen molar-refractivity contribution in [2.75, 3.05) is 7.11 Å². The van der Waals surface area contributed by atoms with Crippen molar-refractivity contribution in [3.8, 4) is 22.7 Å². The Morgan fingerprint density at radius 2 is 1.69 bits per heavy atom. The minimum absolute atomic E-state index is 0.0401. The zero-order chi connectivity index (χ0) is 20.8. The Kier molecular flexibility index (Phi) is 4.49. The second-order valence-corrected chi connectivity index (χ2v) is 8.17. The molecule has 4 rings (SSSR count). The maximum absolute atomic E-state index is 12.9.